The summed E-state index contributed by atoms with van der Waals surface area (Å²) in [6.45, 7) is 3.18. The number of carbonyl (C=O) groups excluding carboxylic acids is 1. The van der Waals surface area contributed by atoms with Crippen molar-refractivity contribution in [2.45, 2.75) is 19.4 Å². The molecule has 26 heavy (non-hydrogen) atoms. The molecule has 0 bridgehead atoms. The van der Waals surface area contributed by atoms with Crippen molar-refractivity contribution >= 4 is 11.6 Å². The molecule has 1 aromatic carbocycles. The van der Waals surface area contributed by atoms with Crippen molar-refractivity contribution in [1.29, 1.82) is 0 Å². The Morgan fingerprint density at radius 3 is 2.73 bits per heavy atom. The van der Waals surface area contributed by atoms with Crippen LogP contribution in [-0.2, 0) is 11.3 Å². The van der Waals surface area contributed by atoms with Crippen LogP contribution in [0.25, 0.3) is 0 Å². The lowest BCUT2D eigenvalue weighted by atomic mass is 9.70. The first kappa shape index (κ1) is 17.0. The number of amides is 1. The fraction of sp³-hybridized carbons (Fsp3) is 0.400. The number of hydrogen-bond acceptors (Lipinski definition) is 4. The number of pyridine rings is 1. The Morgan fingerprint density at radius 2 is 2.04 bits per heavy atom. The normalized spacial score (nSPS) is 19.5. The largest absolute Gasteiger partial charge is 0.481 e. The topological polar surface area (TPSA) is 45.7 Å². The number of halogens is 1. The molecule has 2 aliphatic rings. The van der Waals surface area contributed by atoms with Gasteiger partial charge in [-0.2, -0.15) is 0 Å². The first-order chi connectivity index (χ1) is 12.6. The van der Waals surface area contributed by atoms with Crippen molar-refractivity contribution in [3.8, 4) is 5.88 Å². The Bertz CT molecular complexity index is 818. The van der Waals surface area contributed by atoms with Gasteiger partial charge in [0, 0.05) is 30.5 Å². The van der Waals surface area contributed by atoms with Crippen molar-refractivity contribution < 1.29 is 13.9 Å². The van der Waals surface area contributed by atoms with Crippen molar-refractivity contribution in [2.24, 2.45) is 5.41 Å². The molecule has 0 N–H and O–H groups in total. The standard InChI is InChI=1S/C20H22FN3O2/c1-26-18-15(4-3-9-22-18)13-23-10-7-20(8-11-23)14-24(19(20)25)17-6-2-5-16(21)12-17/h2-6,9,12H,7-8,10-11,13-14H2,1H3. The molecule has 2 fully saturated rings. The van der Waals surface area contributed by atoms with E-state index in [0.29, 0.717) is 18.1 Å². The maximum Gasteiger partial charge on any atom is 0.235 e. The third-order valence-corrected chi connectivity index (χ3v) is 5.53. The van der Waals surface area contributed by atoms with Gasteiger partial charge in [-0.25, -0.2) is 9.37 Å². The van der Waals surface area contributed by atoms with Gasteiger partial charge in [-0.1, -0.05) is 12.1 Å². The predicted molar refractivity (Wildman–Crippen MR) is 96.5 cm³/mol. The van der Waals surface area contributed by atoms with E-state index in [2.05, 4.69) is 9.88 Å². The van der Waals surface area contributed by atoms with E-state index in [1.807, 2.05) is 12.1 Å². The summed E-state index contributed by atoms with van der Waals surface area (Å²) in [4.78, 5) is 21.0. The average molecular weight is 355 g/mol. The number of carbonyl (C=O) groups is 1. The van der Waals surface area contributed by atoms with Crippen LogP contribution in [0.15, 0.2) is 42.6 Å². The summed E-state index contributed by atoms with van der Waals surface area (Å²) in [7, 11) is 1.63. The highest BCUT2D eigenvalue weighted by Crippen LogP contribution is 2.44. The van der Waals surface area contributed by atoms with Gasteiger partial charge >= 0.3 is 0 Å². The van der Waals surface area contributed by atoms with Crippen molar-refractivity contribution in [2.75, 3.05) is 31.6 Å². The summed E-state index contributed by atoms with van der Waals surface area (Å²) in [5.41, 5.74) is 1.44. The zero-order valence-corrected chi connectivity index (χ0v) is 14.8. The molecular weight excluding hydrogens is 333 g/mol. The highest BCUT2D eigenvalue weighted by molar-refractivity contribution is 6.04. The molecule has 0 radical (unpaired) electrons. The zero-order chi connectivity index (χ0) is 18.1. The summed E-state index contributed by atoms with van der Waals surface area (Å²) in [6, 6.07) is 10.2. The van der Waals surface area contributed by atoms with Crippen LogP contribution < -0.4 is 9.64 Å². The molecule has 3 heterocycles. The maximum atomic E-state index is 13.4. The molecule has 0 atom stereocenters. The number of rotatable bonds is 4. The first-order valence-corrected chi connectivity index (χ1v) is 8.89. The molecule has 2 aromatic rings. The second-order valence-corrected chi connectivity index (χ2v) is 7.10. The number of anilines is 1. The molecule has 0 unspecified atom stereocenters. The number of methoxy groups -OCH3 is 1. The van der Waals surface area contributed by atoms with E-state index in [-0.39, 0.29) is 17.1 Å². The van der Waals surface area contributed by atoms with Crippen molar-refractivity contribution in [3.05, 3.63) is 54.0 Å². The lowest BCUT2D eigenvalue weighted by molar-refractivity contribution is -0.138. The minimum absolute atomic E-state index is 0.127. The van der Waals surface area contributed by atoms with Crippen LogP contribution in [0, 0.1) is 11.2 Å². The second-order valence-electron chi connectivity index (χ2n) is 7.10. The van der Waals surface area contributed by atoms with Gasteiger partial charge in [-0.15, -0.1) is 0 Å². The van der Waals surface area contributed by atoms with Crippen LogP contribution >= 0.6 is 0 Å². The predicted octanol–water partition coefficient (Wildman–Crippen LogP) is 2.86. The van der Waals surface area contributed by atoms with Gasteiger partial charge in [-0.05, 0) is 50.2 Å². The minimum Gasteiger partial charge on any atom is -0.481 e. The van der Waals surface area contributed by atoms with Crippen LogP contribution in [-0.4, -0.2) is 42.5 Å². The fourth-order valence-electron chi connectivity index (χ4n) is 3.97. The summed E-state index contributed by atoms with van der Waals surface area (Å²) < 4.78 is 18.7. The van der Waals surface area contributed by atoms with E-state index in [1.165, 1.54) is 12.1 Å². The number of likely N-dealkylation sites (tertiary alicyclic amines) is 1. The quantitative estimate of drug-likeness (QED) is 0.791. The molecule has 0 aliphatic carbocycles. The molecule has 2 aliphatic heterocycles. The highest BCUT2D eigenvalue weighted by Gasteiger charge is 2.53. The van der Waals surface area contributed by atoms with Crippen LogP contribution in [0.2, 0.25) is 0 Å². The Labute approximate surface area is 152 Å². The fourth-order valence-corrected chi connectivity index (χ4v) is 3.97. The van der Waals surface area contributed by atoms with Crippen LogP contribution in [0.1, 0.15) is 18.4 Å². The SMILES string of the molecule is COc1ncccc1CN1CCC2(CC1)CN(c1cccc(F)c1)C2=O. The number of aromatic nitrogens is 1. The lowest BCUT2D eigenvalue weighted by Gasteiger charge is -2.52. The Balaban J connectivity index is 1.38. The number of nitrogens with zero attached hydrogens (tertiary/aromatic N) is 3. The number of ether oxygens (including phenoxy) is 1. The summed E-state index contributed by atoms with van der Waals surface area (Å²) >= 11 is 0. The number of hydrogen-bond donors (Lipinski definition) is 0. The first-order valence-electron chi connectivity index (χ1n) is 8.89. The number of benzene rings is 1. The van der Waals surface area contributed by atoms with Gasteiger partial charge in [0.05, 0.1) is 12.5 Å². The molecule has 0 saturated carbocycles. The second kappa shape index (κ2) is 6.68. The van der Waals surface area contributed by atoms with Crippen molar-refractivity contribution in [3.63, 3.8) is 0 Å². The minimum atomic E-state index is -0.309. The van der Waals surface area contributed by atoms with E-state index >= 15 is 0 Å². The zero-order valence-electron chi connectivity index (χ0n) is 14.8. The average Bonchev–Trinajstić information content (AvgIpc) is 2.67. The molecule has 1 spiro atoms. The lowest BCUT2D eigenvalue weighted by Crippen LogP contribution is -2.65. The van der Waals surface area contributed by atoms with Gasteiger partial charge in [0.1, 0.15) is 5.82 Å². The monoisotopic (exact) mass is 355 g/mol. The van der Waals surface area contributed by atoms with Crippen molar-refractivity contribution in [1.82, 2.24) is 9.88 Å². The summed E-state index contributed by atoms with van der Waals surface area (Å²) in [5.74, 6) is 0.475. The Kier molecular flexibility index (Phi) is 4.36. The molecular formula is C20H22FN3O2. The van der Waals surface area contributed by atoms with Crippen LogP contribution in [0.4, 0.5) is 10.1 Å². The molecule has 136 valence electrons. The van der Waals surface area contributed by atoms with Gasteiger partial charge in [0.15, 0.2) is 0 Å². The molecule has 4 rings (SSSR count). The Morgan fingerprint density at radius 1 is 1.23 bits per heavy atom. The Hall–Kier alpha value is -2.47. The maximum absolute atomic E-state index is 13.4. The summed E-state index contributed by atoms with van der Waals surface area (Å²) in [5, 5.41) is 0. The molecule has 1 aromatic heterocycles. The van der Waals surface area contributed by atoms with Gasteiger partial charge < -0.3 is 9.64 Å². The van der Waals surface area contributed by atoms with Gasteiger partial charge in [-0.3, -0.25) is 9.69 Å². The highest BCUT2D eigenvalue weighted by atomic mass is 19.1. The van der Waals surface area contributed by atoms with E-state index in [4.69, 9.17) is 4.74 Å². The number of β-lactam (4-membered cyclic amide) rings is 1. The third kappa shape index (κ3) is 2.94. The third-order valence-electron chi connectivity index (χ3n) is 5.53. The van der Waals surface area contributed by atoms with E-state index < -0.39 is 0 Å². The van der Waals surface area contributed by atoms with Gasteiger partial charge in [0.25, 0.3) is 0 Å². The molecule has 2 saturated heterocycles. The smallest absolute Gasteiger partial charge is 0.235 e. The summed E-state index contributed by atoms with van der Waals surface area (Å²) in [6.07, 6.45) is 3.39. The number of piperidine rings is 1. The van der Waals surface area contributed by atoms with Crippen LogP contribution in [0.5, 0.6) is 5.88 Å². The molecule has 5 nitrogen and oxygen atoms in total. The van der Waals surface area contributed by atoms with Crippen LogP contribution in [0.3, 0.4) is 0 Å². The molecule has 1 amide bonds. The van der Waals surface area contributed by atoms with Gasteiger partial charge in [0.2, 0.25) is 11.8 Å². The van der Waals surface area contributed by atoms with E-state index in [1.54, 1.807) is 30.3 Å². The molecule has 6 heteroatoms. The van der Waals surface area contributed by atoms with E-state index in [9.17, 15) is 9.18 Å². The van der Waals surface area contributed by atoms with E-state index in [0.717, 1.165) is 38.0 Å².